The van der Waals surface area contributed by atoms with E-state index in [0.717, 1.165) is 17.7 Å². The number of rotatable bonds is 7. The number of methoxy groups -OCH3 is 1. The van der Waals surface area contributed by atoms with Crippen LogP contribution in [-0.2, 0) is 11.0 Å². The van der Waals surface area contributed by atoms with Crippen LogP contribution in [0.15, 0.2) is 61.2 Å². The van der Waals surface area contributed by atoms with E-state index in [1.54, 1.807) is 35.3 Å². The van der Waals surface area contributed by atoms with Crippen molar-refractivity contribution >= 4 is 17.9 Å². The number of carbonyl (C=O) groups excluding carboxylic acids is 2. The third-order valence-corrected chi connectivity index (χ3v) is 5.28. The molecule has 0 atom stereocenters. The number of benzene rings is 2. The van der Waals surface area contributed by atoms with Crippen molar-refractivity contribution in [2.45, 2.75) is 6.18 Å². The number of nitrogens with zero attached hydrogens (tertiary/aromatic N) is 2. The summed E-state index contributed by atoms with van der Waals surface area (Å²) in [4.78, 5) is 28.3. The van der Waals surface area contributed by atoms with Crippen LogP contribution in [0, 0.1) is 0 Å². The van der Waals surface area contributed by atoms with Crippen molar-refractivity contribution in [1.29, 1.82) is 0 Å². The van der Waals surface area contributed by atoms with Gasteiger partial charge in [0.05, 0.1) is 12.7 Å². The molecule has 2 aromatic carbocycles. The first-order valence-electron chi connectivity index (χ1n) is 10.6. The molecule has 2 aromatic rings. The summed E-state index contributed by atoms with van der Waals surface area (Å²) in [7, 11) is 1.52. The molecule has 0 bridgehead atoms. The van der Waals surface area contributed by atoms with E-state index < -0.39 is 17.6 Å². The molecule has 1 fully saturated rings. The Kier molecular flexibility index (Phi) is 7.99. The first kappa shape index (κ1) is 24.9. The molecule has 0 aliphatic carbocycles. The van der Waals surface area contributed by atoms with Crippen molar-refractivity contribution < 1.29 is 32.2 Å². The number of hydrogen-bond acceptors (Lipinski definition) is 4. The summed E-state index contributed by atoms with van der Waals surface area (Å²) in [6.45, 7) is 4.98. The molecule has 6 nitrogen and oxygen atoms in total. The number of hydrogen-bond donors (Lipinski definition) is 0. The van der Waals surface area contributed by atoms with Gasteiger partial charge in [-0.15, -0.1) is 0 Å². The molecular formula is C25H25F3N2O4. The number of alkyl halides is 3. The highest BCUT2D eigenvalue weighted by Crippen LogP contribution is 2.30. The first-order valence-corrected chi connectivity index (χ1v) is 10.6. The van der Waals surface area contributed by atoms with Gasteiger partial charge < -0.3 is 19.3 Å². The molecule has 2 amide bonds. The fourth-order valence-electron chi connectivity index (χ4n) is 3.47. The molecule has 0 radical (unpaired) electrons. The van der Waals surface area contributed by atoms with E-state index in [1.807, 2.05) is 0 Å². The quantitative estimate of drug-likeness (QED) is 0.444. The predicted molar refractivity (Wildman–Crippen MR) is 122 cm³/mol. The van der Waals surface area contributed by atoms with Crippen LogP contribution in [0.2, 0.25) is 0 Å². The van der Waals surface area contributed by atoms with Crippen LogP contribution >= 0.6 is 0 Å². The largest absolute Gasteiger partial charge is 0.493 e. The number of amides is 2. The molecule has 9 heteroatoms. The standard InChI is InChI=1S/C25H25F3N2O4/c1-3-15-34-21-9-7-18(16-22(21)33-2)8-10-23(31)29-11-13-30(14-12-29)24(32)19-5-4-6-20(17-19)25(26,27)28/h3-10,16-17H,1,11-15H2,2H3/b10-8+. The van der Waals surface area contributed by atoms with E-state index in [2.05, 4.69) is 6.58 Å². The fourth-order valence-corrected chi connectivity index (χ4v) is 3.47. The summed E-state index contributed by atoms with van der Waals surface area (Å²) in [5, 5.41) is 0. The van der Waals surface area contributed by atoms with Crippen molar-refractivity contribution in [1.82, 2.24) is 9.80 Å². The average molecular weight is 474 g/mol. The Bertz CT molecular complexity index is 1070. The van der Waals surface area contributed by atoms with Gasteiger partial charge in [0, 0.05) is 37.8 Å². The Balaban J connectivity index is 1.58. The molecule has 1 aliphatic rings. The van der Waals surface area contributed by atoms with Gasteiger partial charge in [0.25, 0.3) is 5.91 Å². The third-order valence-electron chi connectivity index (χ3n) is 5.28. The van der Waals surface area contributed by atoms with E-state index in [-0.39, 0.29) is 37.6 Å². The second kappa shape index (κ2) is 10.9. The average Bonchev–Trinajstić information content (AvgIpc) is 2.85. The van der Waals surface area contributed by atoms with Crippen LogP contribution in [0.25, 0.3) is 6.08 Å². The van der Waals surface area contributed by atoms with Crippen LogP contribution in [0.5, 0.6) is 11.5 Å². The Morgan fingerprint density at radius 3 is 2.38 bits per heavy atom. The minimum absolute atomic E-state index is 0.0241. The minimum Gasteiger partial charge on any atom is -0.493 e. The number of ether oxygens (including phenoxy) is 2. The molecule has 1 aliphatic heterocycles. The molecule has 1 saturated heterocycles. The molecule has 1 heterocycles. The second-order valence-electron chi connectivity index (χ2n) is 7.54. The minimum atomic E-state index is -4.52. The topological polar surface area (TPSA) is 59.1 Å². The fraction of sp³-hybridized carbons (Fsp3) is 0.280. The highest BCUT2D eigenvalue weighted by Gasteiger charge is 2.32. The lowest BCUT2D eigenvalue weighted by atomic mass is 10.1. The lowest BCUT2D eigenvalue weighted by molar-refractivity contribution is -0.137. The van der Waals surface area contributed by atoms with Gasteiger partial charge in [0.15, 0.2) is 11.5 Å². The van der Waals surface area contributed by atoms with Gasteiger partial charge in [-0.25, -0.2) is 0 Å². The van der Waals surface area contributed by atoms with Gasteiger partial charge in [-0.2, -0.15) is 13.2 Å². The van der Waals surface area contributed by atoms with Crippen LogP contribution in [0.4, 0.5) is 13.2 Å². The van der Waals surface area contributed by atoms with Crippen molar-refractivity contribution in [3.05, 3.63) is 77.9 Å². The maximum Gasteiger partial charge on any atom is 0.416 e. The molecule has 0 unspecified atom stereocenters. The van der Waals surface area contributed by atoms with Gasteiger partial charge >= 0.3 is 6.18 Å². The lowest BCUT2D eigenvalue weighted by Gasteiger charge is -2.34. The molecule has 3 rings (SSSR count). The van der Waals surface area contributed by atoms with E-state index in [4.69, 9.17) is 9.47 Å². The van der Waals surface area contributed by atoms with Gasteiger partial charge in [0.2, 0.25) is 5.91 Å². The first-order chi connectivity index (χ1) is 16.2. The predicted octanol–water partition coefficient (Wildman–Crippen LogP) is 4.28. The summed E-state index contributed by atoms with van der Waals surface area (Å²) >= 11 is 0. The SMILES string of the molecule is C=CCOc1ccc(/C=C/C(=O)N2CCN(C(=O)c3cccc(C(F)(F)F)c3)CC2)cc1OC. The summed E-state index contributed by atoms with van der Waals surface area (Å²) in [5.41, 5.74) is -0.146. The van der Waals surface area contributed by atoms with Crippen molar-refractivity contribution in [2.75, 3.05) is 39.9 Å². The van der Waals surface area contributed by atoms with Crippen LogP contribution in [0.3, 0.4) is 0 Å². The molecule has 34 heavy (non-hydrogen) atoms. The molecule has 0 N–H and O–H groups in total. The Labute approximate surface area is 195 Å². The van der Waals surface area contributed by atoms with Crippen molar-refractivity contribution in [3.8, 4) is 11.5 Å². The maximum absolute atomic E-state index is 12.9. The van der Waals surface area contributed by atoms with E-state index in [1.165, 1.54) is 30.2 Å². The zero-order chi connectivity index (χ0) is 24.7. The Hall–Kier alpha value is -3.75. The second-order valence-corrected chi connectivity index (χ2v) is 7.54. The van der Waals surface area contributed by atoms with E-state index >= 15 is 0 Å². The number of carbonyl (C=O) groups is 2. The van der Waals surface area contributed by atoms with Gasteiger partial charge in [-0.1, -0.05) is 24.8 Å². The highest BCUT2D eigenvalue weighted by molar-refractivity contribution is 5.95. The van der Waals surface area contributed by atoms with Crippen LogP contribution in [-0.4, -0.2) is 61.5 Å². The molecule has 0 spiro atoms. The van der Waals surface area contributed by atoms with Crippen LogP contribution < -0.4 is 9.47 Å². The molecule has 0 saturated carbocycles. The zero-order valence-electron chi connectivity index (χ0n) is 18.7. The summed E-state index contributed by atoms with van der Waals surface area (Å²) < 4.78 is 49.6. The molecule has 0 aromatic heterocycles. The number of piperazine rings is 1. The van der Waals surface area contributed by atoms with Gasteiger partial charge in [-0.05, 0) is 42.0 Å². The molecule has 180 valence electrons. The summed E-state index contributed by atoms with van der Waals surface area (Å²) in [6, 6.07) is 9.63. The van der Waals surface area contributed by atoms with Gasteiger partial charge in [-0.3, -0.25) is 9.59 Å². The Morgan fingerprint density at radius 2 is 1.74 bits per heavy atom. The van der Waals surface area contributed by atoms with E-state index in [0.29, 0.717) is 18.1 Å². The lowest BCUT2D eigenvalue weighted by Crippen LogP contribution is -2.50. The van der Waals surface area contributed by atoms with Crippen LogP contribution in [0.1, 0.15) is 21.5 Å². The summed E-state index contributed by atoms with van der Waals surface area (Å²) in [6.07, 6.45) is 0.196. The third kappa shape index (κ3) is 6.18. The maximum atomic E-state index is 12.9. The zero-order valence-corrected chi connectivity index (χ0v) is 18.7. The molecular weight excluding hydrogens is 449 g/mol. The summed E-state index contributed by atoms with van der Waals surface area (Å²) in [5.74, 6) is 0.377. The van der Waals surface area contributed by atoms with E-state index in [9.17, 15) is 22.8 Å². The normalized spacial score (nSPS) is 14.2. The van der Waals surface area contributed by atoms with Crippen molar-refractivity contribution in [3.63, 3.8) is 0 Å². The highest BCUT2D eigenvalue weighted by atomic mass is 19.4. The monoisotopic (exact) mass is 474 g/mol. The van der Waals surface area contributed by atoms with Crippen molar-refractivity contribution in [2.24, 2.45) is 0 Å². The smallest absolute Gasteiger partial charge is 0.416 e. The van der Waals surface area contributed by atoms with Gasteiger partial charge in [0.1, 0.15) is 6.61 Å². The Morgan fingerprint density at radius 1 is 1.03 bits per heavy atom. The number of halogens is 3.